The number of anilines is 1. The summed E-state index contributed by atoms with van der Waals surface area (Å²) < 4.78 is 27.4. The summed E-state index contributed by atoms with van der Waals surface area (Å²) >= 11 is 11.9. The van der Waals surface area contributed by atoms with E-state index in [1.165, 1.54) is 12.1 Å². The minimum absolute atomic E-state index is 0.0328. The number of piperazine rings is 1. The molecular formula is C19H21Cl2N3O3S. The number of hydrogen-bond acceptors (Lipinski definition) is 4. The lowest BCUT2D eigenvalue weighted by Gasteiger charge is -2.37. The Morgan fingerprint density at radius 2 is 1.61 bits per heavy atom. The third-order valence-electron chi connectivity index (χ3n) is 4.57. The Labute approximate surface area is 175 Å². The van der Waals surface area contributed by atoms with Gasteiger partial charge in [0.25, 0.3) is 0 Å². The van der Waals surface area contributed by atoms with E-state index in [0.717, 1.165) is 5.69 Å². The van der Waals surface area contributed by atoms with Crippen molar-refractivity contribution < 1.29 is 13.2 Å². The molecule has 2 aromatic rings. The van der Waals surface area contributed by atoms with Gasteiger partial charge in [-0.1, -0.05) is 35.3 Å². The maximum absolute atomic E-state index is 12.7. The normalized spacial score (nSPS) is 16.1. The zero-order valence-electron chi connectivity index (χ0n) is 15.3. The van der Waals surface area contributed by atoms with Crippen molar-refractivity contribution in [2.24, 2.45) is 0 Å². The number of nitrogens with zero attached hydrogens (tertiary/aromatic N) is 2. The topological polar surface area (TPSA) is 69.7 Å². The second kappa shape index (κ2) is 8.69. The van der Waals surface area contributed by atoms with Gasteiger partial charge >= 0.3 is 0 Å². The monoisotopic (exact) mass is 441 g/mol. The van der Waals surface area contributed by atoms with Gasteiger partial charge in [0.1, 0.15) is 0 Å². The molecule has 1 aliphatic heterocycles. The van der Waals surface area contributed by atoms with E-state index in [4.69, 9.17) is 23.2 Å². The van der Waals surface area contributed by atoms with Crippen LogP contribution in [0.25, 0.3) is 0 Å². The Bertz CT molecular complexity index is 960. The average Bonchev–Trinajstić information content (AvgIpc) is 2.67. The van der Waals surface area contributed by atoms with E-state index in [-0.39, 0.29) is 10.8 Å². The highest BCUT2D eigenvalue weighted by Gasteiger charge is 2.28. The predicted octanol–water partition coefficient (Wildman–Crippen LogP) is 3.01. The summed E-state index contributed by atoms with van der Waals surface area (Å²) in [6.07, 6.45) is 0. The molecule has 0 bridgehead atoms. The van der Waals surface area contributed by atoms with E-state index in [9.17, 15) is 13.2 Å². The first-order chi connectivity index (χ1) is 13.3. The van der Waals surface area contributed by atoms with E-state index in [0.29, 0.717) is 36.2 Å². The fourth-order valence-electron chi connectivity index (χ4n) is 3.12. The minimum atomic E-state index is -3.83. The molecule has 1 aliphatic rings. The van der Waals surface area contributed by atoms with Gasteiger partial charge in [-0.3, -0.25) is 4.79 Å². The molecule has 0 radical (unpaired) electrons. The third-order valence-corrected chi connectivity index (χ3v) is 6.58. The first-order valence-electron chi connectivity index (χ1n) is 8.83. The van der Waals surface area contributed by atoms with Crippen LogP contribution in [-0.4, -0.2) is 51.4 Å². The molecule has 1 fully saturated rings. The van der Waals surface area contributed by atoms with Crippen LogP contribution in [0.1, 0.15) is 6.92 Å². The summed E-state index contributed by atoms with van der Waals surface area (Å²) in [5.74, 6) is -0.253. The summed E-state index contributed by atoms with van der Waals surface area (Å²) in [5.41, 5.74) is 1.01. The molecule has 6 nitrogen and oxygen atoms in total. The summed E-state index contributed by atoms with van der Waals surface area (Å²) in [4.78, 5) is 16.6. The summed E-state index contributed by atoms with van der Waals surface area (Å²) in [6, 6.07) is 12.6. The molecule has 0 spiro atoms. The number of halogens is 2. The van der Waals surface area contributed by atoms with E-state index in [2.05, 4.69) is 9.62 Å². The van der Waals surface area contributed by atoms with Gasteiger partial charge in [0.2, 0.25) is 15.9 Å². The van der Waals surface area contributed by atoms with Gasteiger partial charge in [-0.2, -0.15) is 4.72 Å². The molecule has 28 heavy (non-hydrogen) atoms. The molecule has 1 heterocycles. The number of benzene rings is 2. The Morgan fingerprint density at radius 3 is 2.21 bits per heavy atom. The highest BCUT2D eigenvalue weighted by Crippen LogP contribution is 2.21. The summed E-state index contributed by atoms with van der Waals surface area (Å²) in [7, 11) is -3.83. The van der Waals surface area contributed by atoms with Gasteiger partial charge in [0.15, 0.2) is 0 Å². The minimum Gasteiger partial charge on any atom is -0.368 e. The van der Waals surface area contributed by atoms with Gasteiger partial charge in [0.05, 0.1) is 10.9 Å². The van der Waals surface area contributed by atoms with Crippen molar-refractivity contribution in [3.8, 4) is 0 Å². The molecule has 1 amide bonds. The van der Waals surface area contributed by atoms with Crippen LogP contribution in [0, 0.1) is 0 Å². The lowest BCUT2D eigenvalue weighted by Crippen LogP contribution is -2.54. The van der Waals surface area contributed by atoms with Crippen molar-refractivity contribution in [1.82, 2.24) is 9.62 Å². The van der Waals surface area contributed by atoms with Crippen LogP contribution < -0.4 is 9.62 Å². The number of nitrogens with one attached hydrogen (secondary N) is 1. The van der Waals surface area contributed by atoms with E-state index in [1.54, 1.807) is 24.0 Å². The molecule has 0 saturated carbocycles. The first kappa shape index (κ1) is 20.9. The van der Waals surface area contributed by atoms with Crippen molar-refractivity contribution in [3.63, 3.8) is 0 Å². The zero-order valence-corrected chi connectivity index (χ0v) is 17.6. The molecule has 0 aromatic heterocycles. The second-order valence-electron chi connectivity index (χ2n) is 6.59. The standard InChI is InChI=1S/C19H21Cl2N3O3S/c1-14(22-28(26,27)18-7-3-5-16(21)13-18)19(25)24-10-8-23(9-11-24)17-6-2-4-15(20)12-17/h2-7,12-14,22H,8-11H2,1H3/t14-/m0/s1. The van der Waals surface area contributed by atoms with Gasteiger partial charge < -0.3 is 9.80 Å². The highest BCUT2D eigenvalue weighted by atomic mass is 35.5. The Balaban J connectivity index is 1.60. The van der Waals surface area contributed by atoms with Crippen molar-refractivity contribution in [2.75, 3.05) is 31.1 Å². The quantitative estimate of drug-likeness (QED) is 0.773. The third kappa shape index (κ3) is 4.97. The smallest absolute Gasteiger partial charge is 0.241 e. The number of sulfonamides is 1. The lowest BCUT2D eigenvalue weighted by molar-refractivity contribution is -0.132. The molecule has 1 N–H and O–H groups in total. The van der Waals surface area contributed by atoms with E-state index >= 15 is 0 Å². The molecule has 150 valence electrons. The average molecular weight is 442 g/mol. The highest BCUT2D eigenvalue weighted by molar-refractivity contribution is 7.89. The molecule has 9 heteroatoms. The van der Waals surface area contributed by atoms with Gasteiger partial charge in [0, 0.05) is 41.9 Å². The van der Waals surface area contributed by atoms with Crippen LogP contribution in [0.2, 0.25) is 10.0 Å². The molecule has 3 rings (SSSR count). The van der Waals surface area contributed by atoms with Crippen LogP contribution in [-0.2, 0) is 14.8 Å². The fourth-order valence-corrected chi connectivity index (χ4v) is 4.80. The van der Waals surface area contributed by atoms with Crippen LogP contribution in [0.4, 0.5) is 5.69 Å². The van der Waals surface area contributed by atoms with Crippen LogP contribution in [0.15, 0.2) is 53.4 Å². The van der Waals surface area contributed by atoms with E-state index < -0.39 is 16.1 Å². The van der Waals surface area contributed by atoms with Crippen molar-refractivity contribution in [1.29, 1.82) is 0 Å². The predicted molar refractivity (Wildman–Crippen MR) is 111 cm³/mol. The lowest BCUT2D eigenvalue weighted by atomic mass is 10.2. The summed E-state index contributed by atoms with van der Waals surface area (Å²) in [5, 5.41) is 0.985. The Morgan fingerprint density at radius 1 is 1.00 bits per heavy atom. The largest absolute Gasteiger partial charge is 0.368 e. The van der Waals surface area contributed by atoms with Crippen LogP contribution in [0.5, 0.6) is 0 Å². The summed E-state index contributed by atoms with van der Waals surface area (Å²) in [6.45, 7) is 3.87. The molecule has 0 aliphatic carbocycles. The zero-order chi connectivity index (χ0) is 20.3. The van der Waals surface area contributed by atoms with Gasteiger partial charge in [-0.05, 0) is 43.3 Å². The molecule has 1 atom stereocenters. The molecule has 0 unspecified atom stereocenters. The van der Waals surface area contributed by atoms with Crippen molar-refractivity contribution in [2.45, 2.75) is 17.9 Å². The molecule has 2 aromatic carbocycles. The number of amides is 1. The second-order valence-corrected chi connectivity index (χ2v) is 9.18. The van der Waals surface area contributed by atoms with Crippen molar-refractivity contribution in [3.05, 3.63) is 58.6 Å². The van der Waals surface area contributed by atoms with Crippen LogP contribution in [0.3, 0.4) is 0 Å². The maximum Gasteiger partial charge on any atom is 0.241 e. The van der Waals surface area contributed by atoms with Gasteiger partial charge in [-0.15, -0.1) is 0 Å². The Kier molecular flexibility index (Phi) is 6.50. The van der Waals surface area contributed by atoms with Gasteiger partial charge in [-0.25, -0.2) is 8.42 Å². The van der Waals surface area contributed by atoms with E-state index in [1.807, 2.05) is 24.3 Å². The number of hydrogen-bond donors (Lipinski definition) is 1. The number of carbonyl (C=O) groups is 1. The fraction of sp³-hybridized carbons (Fsp3) is 0.316. The maximum atomic E-state index is 12.7. The SMILES string of the molecule is C[C@H](NS(=O)(=O)c1cccc(Cl)c1)C(=O)N1CCN(c2cccc(Cl)c2)CC1. The number of carbonyl (C=O) groups excluding carboxylic acids is 1. The van der Waals surface area contributed by atoms with Crippen LogP contribution >= 0.6 is 23.2 Å². The molecular weight excluding hydrogens is 421 g/mol. The van der Waals surface area contributed by atoms with Crippen molar-refractivity contribution >= 4 is 44.8 Å². The first-order valence-corrected chi connectivity index (χ1v) is 11.1. The number of rotatable bonds is 5. The Hall–Kier alpha value is -1.80. The molecule has 1 saturated heterocycles.